The van der Waals surface area contributed by atoms with Crippen LogP contribution in [0.3, 0.4) is 0 Å². The highest BCUT2D eigenvalue weighted by molar-refractivity contribution is 5.97. The Labute approximate surface area is 226 Å². The number of hydrogen-bond acceptors (Lipinski definition) is 6. The molecular formula is C31H29N5O3. The monoisotopic (exact) mass is 519 g/mol. The van der Waals surface area contributed by atoms with Crippen molar-refractivity contribution in [3.05, 3.63) is 96.3 Å². The molecule has 196 valence electrons. The van der Waals surface area contributed by atoms with Gasteiger partial charge in [0.2, 0.25) is 5.95 Å². The van der Waals surface area contributed by atoms with Crippen molar-refractivity contribution in [2.45, 2.75) is 50.1 Å². The maximum atomic E-state index is 13.5. The number of ketones is 1. The van der Waals surface area contributed by atoms with E-state index in [2.05, 4.69) is 51.4 Å². The Morgan fingerprint density at radius 1 is 0.897 bits per heavy atom. The number of aromatic nitrogens is 4. The van der Waals surface area contributed by atoms with Crippen LogP contribution in [0.4, 0.5) is 4.79 Å². The molecule has 2 aromatic carbocycles. The fourth-order valence-corrected chi connectivity index (χ4v) is 6.76. The van der Waals surface area contributed by atoms with Crippen LogP contribution in [0.15, 0.2) is 79.6 Å². The molecule has 0 N–H and O–H groups in total. The van der Waals surface area contributed by atoms with Crippen LogP contribution in [0.5, 0.6) is 0 Å². The molecule has 1 aliphatic carbocycles. The lowest BCUT2D eigenvalue weighted by atomic mass is 9.76. The van der Waals surface area contributed by atoms with Crippen LogP contribution in [0.25, 0.3) is 17.1 Å². The standard InChI is InChI=1S/C31H29N5O3/c37-29(21-16-33-30(34-17-21)35-13-12-32-19-35)20-14-22-6-5-7-23(15-20)36(22)31(38)39-18-28-26-10-3-1-8-24(26)25-9-2-4-11-27(25)28/h1-4,8-13,16-17,19-20,22-23,28H,5-7,14-15,18H2. The van der Waals surface area contributed by atoms with Crippen LogP contribution in [0, 0.1) is 5.92 Å². The molecule has 2 saturated heterocycles. The number of amides is 1. The number of carbonyl (C=O) groups excluding carboxylic acids is 2. The third-order valence-corrected chi connectivity index (χ3v) is 8.55. The first-order valence-corrected chi connectivity index (χ1v) is 13.7. The van der Waals surface area contributed by atoms with E-state index in [1.807, 2.05) is 17.0 Å². The average Bonchev–Trinajstić information content (AvgIpc) is 3.62. The molecule has 2 bridgehead atoms. The van der Waals surface area contributed by atoms with Gasteiger partial charge in [-0.15, -0.1) is 0 Å². The van der Waals surface area contributed by atoms with E-state index in [4.69, 9.17) is 4.74 Å². The van der Waals surface area contributed by atoms with Crippen LogP contribution >= 0.6 is 0 Å². The van der Waals surface area contributed by atoms with E-state index in [0.717, 1.165) is 19.3 Å². The van der Waals surface area contributed by atoms with Crippen molar-refractivity contribution in [3.63, 3.8) is 0 Å². The summed E-state index contributed by atoms with van der Waals surface area (Å²) >= 11 is 0. The van der Waals surface area contributed by atoms with Gasteiger partial charge in [0.05, 0.1) is 5.56 Å². The fourth-order valence-electron chi connectivity index (χ4n) is 6.76. The Morgan fingerprint density at radius 2 is 1.54 bits per heavy atom. The predicted molar refractivity (Wildman–Crippen MR) is 145 cm³/mol. The van der Waals surface area contributed by atoms with E-state index in [1.54, 1.807) is 35.7 Å². The van der Waals surface area contributed by atoms with Gasteiger partial charge in [-0.2, -0.15) is 0 Å². The lowest BCUT2D eigenvalue weighted by molar-refractivity contribution is 0.00649. The predicted octanol–water partition coefficient (Wildman–Crippen LogP) is 5.43. The maximum absolute atomic E-state index is 13.5. The molecule has 7 rings (SSSR count). The van der Waals surface area contributed by atoms with Gasteiger partial charge in [0.1, 0.15) is 12.9 Å². The summed E-state index contributed by atoms with van der Waals surface area (Å²) in [6, 6.07) is 16.7. The molecule has 3 aliphatic rings. The molecule has 39 heavy (non-hydrogen) atoms. The number of ether oxygens (including phenoxy) is 1. The molecule has 0 saturated carbocycles. The number of piperidine rings is 2. The Kier molecular flexibility index (Phi) is 5.95. The molecule has 8 heteroatoms. The van der Waals surface area contributed by atoms with E-state index in [-0.39, 0.29) is 35.8 Å². The van der Waals surface area contributed by atoms with E-state index in [0.29, 0.717) is 31.0 Å². The van der Waals surface area contributed by atoms with Crippen molar-refractivity contribution >= 4 is 11.9 Å². The molecule has 8 nitrogen and oxygen atoms in total. The Hall–Kier alpha value is -4.33. The number of rotatable bonds is 5. The van der Waals surface area contributed by atoms with Gasteiger partial charge in [0, 0.05) is 48.7 Å². The first-order chi connectivity index (χ1) is 19.2. The summed E-state index contributed by atoms with van der Waals surface area (Å²) < 4.78 is 7.72. The van der Waals surface area contributed by atoms with E-state index < -0.39 is 0 Å². The lowest BCUT2D eigenvalue weighted by Crippen LogP contribution is -2.55. The normalized spacial score (nSPS) is 21.7. The largest absolute Gasteiger partial charge is 0.448 e. The minimum absolute atomic E-state index is 0.00763. The average molecular weight is 520 g/mol. The van der Waals surface area contributed by atoms with E-state index in [1.165, 1.54) is 22.3 Å². The number of imidazole rings is 1. The number of hydrogen-bond donors (Lipinski definition) is 0. The zero-order chi connectivity index (χ0) is 26.3. The van der Waals surface area contributed by atoms with Gasteiger partial charge in [-0.1, -0.05) is 48.5 Å². The zero-order valence-electron chi connectivity index (χ0n) is 21.5. The number of carbonyl (C=O) groups is 2. The summed E-state index contributed by atoms with van der Waals surface area (Å²) in [7, 11) is 0. The molecule has 2 aliphatic heterocycles. The zero-order valence-corrected chi connectivity index (χ0v) is 21.5. The van der Waals surface area contributed by atoms with Crippen molar-refractivity contribution < 1.29 is 14.3 Å². The second-order valence-corrected chi connectivity index (χ2v) is 10.7. The van der Waals surface area contributed by atoms with Gasteiger partial charge < -0.3 is 9.64 Å². The van der Waals surface area contributed by atoms with Crippen molar-refractivity contribution in [1.29, 1.82) is 0 Å². The first-order valence-electron chi connectivity index (χ1n) is 13.7. The Balaban J connectivity index is 1.04. The molecule has 2 aromatic heterocycles. The minimum atomic E-state index is -0.259. The van der Waals surface area contributed by atoms with E-state index >= 15 is 0 Å². The molecule has 1 amide bonds. The molecule has 0 spiro atoms. The smallest absolute Gasteiger partial charge is 0.410 e. The summed E-state index contributed by atoms with van der Waals surface area (Å²) in [4.78, 5) is 41.5. The highest BCUT2D eigenvalue weighted by Gasteiger charge is 2.44. The third kappa shape index (κ3) is 4.20. The fraction of sp³-hybridized carbons (Fsp3) is 0.323. The van der Waals surface area contributed by atoms with Gasteiger partial charge in [-0.3, -0.25) is 9.36 Å². The van der Waals surface area contributed by atoms with Gasteiger partial charge in [0.15, 0.2) is 5.78 Å². The second kappa shape index (κ2) is 9.76. The molecule has 2 fully saturated rings. The highest BCUT2D eigenvalue weighted by Crippen LogP contribution is 2.45. The summed E-state index contributed by atoms with van der Waals surface area (Å²) in [6.07, 6.45) is 12.1. The van der Waals surface area contributed by atoms with Gasteiger partial charge in [0.25, 0.3) is 0 Å². The quantitative estimate of drug-likeness (QED) is 0.327. The molecular weight excluding hydrogens is 490 g/mol. The highest BCUT2D eigenvalue weighted by atomic mass is 16.6. The van der Waals surface area contributed by atoms with Crippen LogP contribution in [0.1, 0.15) is 59.5 Å². The summed E-state index contributed by atoms with van der Waals surface area (Å²) in [5.74, 6) is 0.411. The second-order valence-electron chi connectivity index (χ2n) is 10.7. The van der Waals surface area contributed by atoms with Crippen LogP contribution in [-0.2, 0) is 4.74 Å². The molecule has 4 aromatic rings. The topological polar surface area (TPSA) is 90.2 Å². The summed E-state index contributed by atoms with van der Waals surface area (Å²) in [5.41, 5.74) is 5.35. The number of benzene rings is 2. The van der Waals surface area contributed by atoms with Crippen LogP contribution in [-0.4, -0.2) is 55.0 Å². The summed E-state index contributed by atoms with van der Waals surface area (Å²) in [6.45, 7) is 0.311. The van der Waals surface area contributed by atoms with Crippen LogP contribution in [0.2, 0.25) is 0 Å². The number of fused-ring (bicyclic) bond motifs is 5. The molecule has 4 heterocycles. The molecule has 2 unspecified atom stereocenters. The third-order valence-electron chi connectivity index (χ3n) is 8.55. The van der Waals surface area contributed by atoms with Crippen molar-refractivity contribution in [2.24, 2.45) is 5.92 Å². The minimum Gasteiger partial charge on any atom is -0.448 e. The van der Waals surface area contributed by atoms with Crippen molar-refractivity contribution in [2.75, 3.05) is 6.61 Å². The maximum Gasteiger partial charge on any atom is 0.410 e. The van der Waals surface area contributed by atoms with E-state index in [9.17, 15) is 9.59 Å². The van der Waals surface area contributed by atoms with Gasteiger partial charge in [-0.05, 0) is 54.4 Å². The van der Waals surface area contributed by atoms with Crippen molar-refractivity contribution in [1.82, 2.24) is 24.4 Å². The Morgan fingerprint density at radius 3 is 2.15 bits per heavy atom. The Bertz CT molecular complexity index is 1460. The van der Waals surface area contributed by atoms with Crippen molar-refractivity contribution in [3.8, 4) is 17.1 Å². The first kappa shape index (κ1) is 23.8. The number of nitrogens with zero attached hydrogens (tertiary/aromatic N) is 5. The molecule has 0 radical (unpaired) electrons. The number of Topliss-reactive ketones (excluding diaryl/α,β-unsaturated/α-hetero) is 1. The van der Waals surface area contributed by atoms with Crippen LogP contribution < -0.4 is 0 Å². The summed E-state index contributed by atoms with van der Waals surface area (Å²) in [5, 5.41) is 0. The SMILES string of the molecule is O=C(c1cnc(-n2ccnc2)nc1)C1CC2CCCC(C1)N2C(=O)OCC1c2ccccc2-c2ccccc21. The lowest BCUT2D eigenvalue weighted by Gasteiger charge is -2.47. The molecule has 2 atom stereocenters. The van der Waals surface area contributed by atoms with Gasteiger partial charge >= 0.3 is 6.09 Å². The van der Waals surface area contributed by atoms with Gasteiger partial charge in [-0.25, -0.2) is 19.7 Å².